The maximum atomic E-state index is 11.1. The van der Waals surface area contributed by atoms with Crippen molar-refractivity contribution in [2.75, 3.05) is 7.05 Å². The molecule has 1 amide bonds. The smallest absolute Gasteiger partial charge is 0.282 e. The van der Waals surface area contributed by atoms with Gasteiger partial charge in [0.25, 0.3) is 5.91 Å². The Kier molecular flexibility index (Phi) is 2.82. The van der Waals surface area contributed by atoms with Crippen LogP contribution in [-0.4, -0.2) is 13.0 Å². The van der Waals surface area contributed by atoms with Crippen LogP contribution in [0.5, 0.6) is 0 Å². The zero-order valence-electron chi connectivity index (χ0n) is 7.08. The molecule has 12 heavy (non-hydrogen) atoms. The van der Waals surface area contributed by atoms with Crippen LogP contribution in [0.2, 0.25) is 0 Å². The highest BCUT2D eigenvalue weighted by atomic mass is 16.2. The summed E-state index contributed by atoms with van der Waals surface area (Å²) in [5.74, 6) is -0.0544. The van der Waals surface area contributed by atoms with E-state index in [4.69, 9.17) is 0 Å². The molecule has 0 radical (unpaired) electrons. The summed E-state index contributed by atoms with van der Waals surface area (Å²) in [4.78, 5) is 11.1. The zero-order chi connectivity index (χ0) is 8.97. The lowest BCUT2D eigenvalue weighted by Gasteiger charge is -2.05. The Labute approximate surface area is 71.6 Å². The van der Waals surface area contributed by atoms with Crippen molar-refractivity contribution in [2.24, 2.45) is 0 Å². The molecule has 1 aromatic rings. The van der Waals surface area contributed by atoms with Gasteiger partial charge >= 0.3 is 0 Å². The van der Waals surface area contributed by atoms with Gasteiger partial charge in [0.1, 0.15) is 0 Å². The number of carbonyl (C=O) groups is 1. The summed E-state index contributed by atoms with van der Waals surface area (Å²) in [7, 11) is 1.61. The van der Waals surface area contributed by atoms with Gasteiger partial charge in [0.15, 0.2) is 6.04 Å². The van der Waals surface area contributed by atoms with Crippen LogP contribution < -0.4 is 11.1 Å². The minimum atomic E-state index is -0.309. The van der Waals surface area contributed by atoms with Crippen LogP contribution in [0.15, 0.2) is 30.3 Å². The molecule has 0 aromatic heterocycles. The van der Waals surface area contributed by atoms with Gasteiger partial charge in [-0.1, -0.05) is 30.3 Å². The van der Waals surface area contributed by atoms with Gasteiger partial charge in [-0.25, -0.2) is 0 Å². The summed E-state index contributed by atoms with van der Waals surface area (Å²) in [5.41, 5.74) is 4.71. The van der Waals surface area contributed by atoms with Gasteiger partial charge in [-0.15, -0.1) is 0 Å². The number of quaternary nitrogens is 1. The van der Waals surface area contributed by atoms with Crippen LogP contribution in [0.1, 0.15) is 11.6 Å². The van der Waals surface area contributed by atoms with E-state index in [1.165, 1.54) is 0 Å². The predicted octanol–water partition coefficient (Wildman–Crippen LogP) is -0.284. The Morgan fingerprint density at radius 3 is 2.50 bits per heavy atom. The van der Waals surface area contributed by atoms with Crippen LogP contribution >= 0.6 is 0 Å². The van der Waals surface area contributed by atoms with Crippen LogP contribution in [0.3, 0.4) is 0 Å². The highest BCUT2D eigenvalue weighted by Gasteiger charge is 2.16. The van der Waals surface area contributed by atoms with Gasteiger partial charge in [-0.3, -0.25) is 4.79 Å². The van der Waals surface area contributed by atoms with Crippen LogP contribution in [0.4, 0.5) is 0 Å². The van der Waals surface area contributed by atoms with Gasteiger partial charge in [-0.2, -0.15) is 0 Å². The molecule has 0 saturated carbocycles. The third-order valence-electron chi connectivity index (χ3n) is 1.76. The molecule has 0 unspecified atom stereocenters. The largest absolute Gasteiger partial charge is 0.354 e. The van der Waals surface area contributed by atoms with Crippen molar-refractivity contribution in [1.29, 1.82) is 0 Å². The van der Waals surface area contributed by atoms with Crippen molar-refractivity contribution >= 4 is 5.91 Å². The molecular formula is C9H13N2O+. The Morgan fingerprint density at radius 1 is 1.42 bits per heavy atom. The van der Waals surface area contributed by atoms with Crippen LogP contribution in [0.25, 0.3) is 0 Å². The fourth-order valence-corrected chi connectivity index (χ4v) is 1.01. The van der Waals surface area contributed by atoms with Crippen LogP contribution in [-0.2, 0) is 4.79 Å². The van der Waals surface area contributed by atoms with Crippen LogP contribution in [0, 0.1) is 0 Å². The van der Waals surface area contributed by atoms with E-state index in [9.17, 15) is 4.79 Å². The number of benzene rings is 1. The highest BCUT2D eigenvalue weighted by molar-refractivity contribution is 5.81. The second-order valence-corrected chi connectivity index (χ2v) is 2.58. The number of amides is 1. The number of nitrogens with one attached hydrogen (secondary N) is 1. The third-order valence-corrected chi connectivity index (χ3v) is 1.76. The molecule has 0 spiro atoms. The van der Waals surface area contributed by atoms with E-state index in [1.807, 2.05) is 30.3 Å². The van der Waals surface area contributed by atoms with E-state index in [0.717, 1.165) is 5.56 Å². The summed E-state index contributed by atoms with van der Waals surface area (Å²) in [6.07, 6.45) is 0. The average molecular weight is 165 g/mol. The van der Waals surface area contributed by atoms with Crippen molar-refractivity contribution < 1.29 is 10.5 Å². The summed E-state index contributed by atoms with van der Waals surface area (Å²) in [6.45, 7) is 0. The molecule has 0 aliphatic carbocycles. The predicted molar refractivity (Wildman–Crippen MR) is 46.1 cm³/mol. The maximum absolute atomic E-state index is 11.1. The second-order valence-electron chi connectivity index (χ2n) is 2.58. The van der Waals surface area contributed by atoms with Crippen molar-refractivity contribution in [3.63, 3.8) is 0 Å². The summed E-state index contributed by atoms with van der Waals surface area (Å²) >= 11 is 0. The Balaban J connectivity index is 2.78. The summed E-state index contributed by atoms with van der Waals surface area (Å²) in [6, 6.07) is 9.20. The highest BCUT2D eigenvalue weighted by Crippen LogP contribution is 2.06. The summed E-state index contributed by atoms with van der Waals surface area (Å²) in [5, 5.41) is 2.56. The first kappa shape index (κ1) is 8.74. The quantitative estimate of drug-likeness (QED) is 0.622. The van der Waals surface area contributed by atoms with Gasteiger partial charge in [0.2, 0.25) is 0 Å². The molecule has 0 heterocycles. The normalized spacial score (nSPS) is 12.2. The summed E-state index contributed by atoms with van der Waals surface area (Å²) < 4.78 is 0. The van der Waals surface area contributed by atoms with Crippen molar-refractivity contribution in [1.82, 2.24) is 5.32 Å². The molecule has 0 saturated heterocycles. The minimum Gasteiger partial charge on any atom is -0.354 e. The number of carbonyl (C=O) groups excluding carboxylic acids is 1. The number of rotatable bonds is 2. The fourth-order valence-electron chi connectivity index (χ4n) is 1.01. The second kappa shape index (κ2) is 3.88. The molecule has 0 aliphatic heterocycles. The van der Waals surface area contributed by atoms with E-state index >= 15 is 0 Å². The number of likely N-dealkylation sites (N-methyl/N-ethyl adjacent to an activating group) is 1. The molecule has 64 valence electrons. The van der Waals surface area contributed by atoms with Crippen molar-refractivity contribution in [3.8, 4) is 0 Å². The van der Waals surface area contributed by atoms with Crippen molar-refractivity contribution in [2.45, 2.75) is 6.04 Å². The first-order valence-electron chi connectivity index (χ1n) is 3.85. The van der Waals surface area contributed by atoms with Crippen molar-refractivity contribution in [3.05, 3.63) is 35.9 Å². The third kappa shape index (κ3) is 1.83. The van der Waals surface area contributed by atoms with E-state index in [2.05, 4.69) is 11.1 Å². The topological polar surface area (TPSA) is 56.7 Å². The lowest BCUT2D eigenvalue weighted by molar-refractivity contribution is -0.409. The molecule has 4 N–H and O–H groups in total. The molecule has 0 bridgehead atoms. The standard InChI is InChI=1S/C9H12N2O/c1-11-9(12)8(10)7-5-3-2-4-6-7/h2-6,8H,10H2,1H3,(H,11,12)/p+1/t8-/m0/s1. The molecule has 0 aliphatic rings. The van der Waals surface area contributed by atoms with Gasteiger partial charge in [-0.05, 0) is 0 Å². The molecule has 3 heteroatoms. The van der Waals surface area contributed by atoms with Gasteiger partial charge < -0.3 is 11.1 Å². The molecule has 1 aromatic carbocycles. The maximum Gasteiger partial charge on any atom is 0.282 e. The first-order chi connectivity index (χ1) is 5.75. The monoisotopic (exact) mass is 165 g/mol. The van der Waals surface area contributed by atoms with Gasteiger partial charge in [0.05, 0.1) is 0 Å². The zero-order valence-corrected chi connectivity index (χ0v) is 7.08. The van der Waals surface area contributed by atoms with E-state index in [0.29, 0.717) is 0 Å². The van der Waals surface area contributed by atoms with E-state index in [1.54, 1.807) is 7.05 Å². The molecule has 0 fully saturated rings. The fraction of sp³-hybridized carbons (Fsp3) is 0.222. The van der Waals surface area contributed by atoms with E-state index < -0.39 is 0 Å². The Morgan fingerprint density at radius 2 is 2.00 bits per heavy atom. The minimum absolute atomic E-state index is 0.0544. The number of hydrogen-bond donors (Lipinski definition) is 2. The average Bonchev–Trinajstić information content (AvgIpc) is 2.17. The molecule has 1 atom stereocenters. The SMILES string of the molecule is CNC(=O)[C@@H]([NH3+])c1ccccc1. The van der Waals surface area contributed by atoms with E-state index in [-0.39, 0.29) is 11.9 Å². The molecular weight excluding hydrogens is 152 g/mol. The first-order valence-corrected chi connectivity index (χ1v) is 3.85. The molecule has 1 rings (SSSR count). The lowest BCUT2D eigenvalue weighted by atomic mass is 10.1. The Bertz CT molecular complexity index is 258. The number of hydrogen-bond acceptors (Lipinski definition) is 1. The van der Waals surface area contributed by atoms with Gasteiger partial charge in [0, 0.05) is 12.6 Å². The molecule has 3 nitrogen and oxygen atoms in total. The lowest BCUT2D eigenvalue weighted by Crippen LogP contribution is -2.59. The Hall–Kier alpha value is -1.35.